The van der Waals surface area contributed by atoms with Crippen molar-refractivity contribution in [2.75, 3.05) is 26.2 Å². The van der Waals surface area contributed by atoms with Crippen molar-refractivity contribution < 1.29 is 14.3 Å². The molecule has 136 valence electrons. The van der Waals surface area contributed by atoms with Gasteiger partial charge in [0, 0.05) is 32.5 Å². The van der Waals surface area contributed by atoms with E-state index in [1.807, 2.05) is 9.80 Å². The smallest absolute Gasteiger partial charge is 0.410 e. The Labute approximate surface area is 144 Å². The number of nitrogens with zero attached hydrogens (tertiary/aromatic N) is 2. The van der Waals surface area contributed by atoms with Crippen LogP contribution in [0.25, 0.3) is 0 Å². The summed E-state index contributed by atoms with van der Waals surface area (Å²) >= 11 is 0. The number of hydrogen-bond donors (Lipinski definition) is 1. The van der Waals surface area contributed by atoms with Gasteiger partial charge in [-0.15, -0.1) is 0 Å². The van der Waals surface area contributed by atoms with Crippen LogP contribution in [0.1, 0.15) is 52.4 Å². The molecule has 1 saturated carbocycles. The molecule has 2 saturated heterocycles. The number of nitrogens with two attached hydrogens (primary N) is 1. The lowest BCUT2D eigenvalue weighted by Gasteiger charge is -2.38. The fourth-order valence-electron chi connectivity index (χ4n) is 3.95. The molecular formula is C18H31N3O3. The van der Waals surface area contributed by atoms with Gasteiger partial charge < -0.3 is 20.3 Å². The fourth-order valence-corrected chi connectivity index (χ4v) is 3.95. The maximum atomic E-state index is 12.4. The average molecular weight is 337 g/mol. The largest absolute Gasteiger partial charge is 0.441 e. The van der Waals surface area contributed by atoms with Crippen molar-refractivity contribution in [1.82, 2.24) is 9.80 Å². The molecule has 1 aliphatic carbocycles. The molecule has 0 bridgehead atoms. The van der Waals surface area contributed by atoms with Gasteiger partial charge in [-0.1, -0.05) is 26.7 Å². The summed E-state index contributed by atoms with van der Waals surface area (Å²) in [4.78, 5) is 28.4. The van der Waals surface area contributed by atoms with Gasteiger partial charge in [-0.25, -0.2) is 4.79 Å². The standard InChI is InChI=1S/C18H31N3O3/c1-3-13(4-2)11-21-12-18(24-17(21)23)7-9-20(10-8-18)16(22)15(19)14-5-6-14/h13-15H,3-12,19H2,1-2H3/t15-/m0/s1. The van der Waals surface area contributed by atoms with E-state index in [1.54, 1.807) is 0 Å². The molecule has 2 heterocycles. The molecule has 3 aliphatic rings. The third kappa shape index (κ3) is 3.53. The first kappa shape index (κ1) is 17.5. The van der Waals surface area contributed by atoms with E-state index in [0.717, 1.165) is 45.1 Å². The Morgan fingerprint density at radius 3 is 2.46 bits per heavy atom. The zero-order valence-corrected chi connectivity index (χ0v) is 15.0. The van der Waals surface area contributed by atoms with Gasteiger partial charge in [0.2, 0.25) is 5.91 Å². The summed E-state index contributed by atoms with van der Waals surface area (Å²) in [5.41, 5.74) is 5.64. The van der Waals surface area contributed by atoms with Crippen molar-refractivity contribution in [3.05, 3.63) is 0 Å². The molecule has 6 nitrogen and oxygen atoms in total. The molecule has 2 aliphatic heterocycles. The first-order valence-electron chi connectivity index (χ1n) is 9.50. The lowest BCUT2D eigenvalue weighted by Crippen LogP contribution is -2.53. The van der Waals surface area contributed by atoms with E-state index >= 15 is 0 Å². The summed E-state index contributed by atoms with van der Waals surface area (Å²) in [5, 5.41) is 0. The first-order chi connectivity index (χ1) is 11.5. The van der Waals surface area contributed by atoms with Crippen LogP contribution in [-0.4, -0.2) is 59.6 Å². The number of rotatable bonds is 6. The highest BCUT2D eigenvalue weighted by molar-refractivity contribution is 5.82. The Morgan fingerprint density at radius 1 is 1.29 bits per heavy atom. The molecule has 0 unspecified atom stereocenters. The number of carbonyl (C=O) groups is 2. The molecule has 0 aromatic carbocycles. The zero-order valence-electron chi connectivity index (χ0n) is 15.0. The molecule has 24 heavy (non-hydrogen) atoms. The number of hydrogen-bond acceptors (Lipinski definition) is 4. The van der Waals surface area contributed by atoms with Crippen molar-refractivity contribution in [3.8, 4) is 0 Å². The number of amides is 2. The summed E-state index contributed by atoms with van der Waals surface area (Å²) in [6, 6.07) is -0.337. The molecule has 1 atom stereocenters. The normalized spacial score (nSPS) is 24.6. The van der Waals surface area contributed by atoms with E-state index in [1.165, 1.54) is 0 Å². The second-order valence-electron chi connectivity index (χ2n) is 7.80. The Balaban J connectivity index is 1.53. The minimum absolute atomic E-state index is 0.0746. The van der Waals surface area contributed by atoms with Gasteiger partial charge in [-0.2, -0.15) is 0 Å². The molecule has 0 aromatic rings. The van der Waals surface area contributed by atoms with Crippen LogP contribution < -0.4 is 5.73 Å². The van der Waals surface area contributed by atoms with Crippen LogP contribution in [0.2, 0.25) is 0 Å². The van der Waals surface area contributed by atoms with Crippen LogP contribution >= 0.6 is 0 Å². The highest BCUT2D eigenvalue weighted by atomic mass is 16.6. The Hall–Kier alpha value is -1.30. The van der Waals surface area contributed by atoms with E-state index in [-0.39, 0.29) is 18.0 Å². The second-order valence-corrected chi connectivity index (χ2v) is 7.80. The summed E-state index contributed by atoms with van der Waals surface area (Å²) in [5.74, 6) is 0.990. The summed E-state index contributed by atoms with van der Waals surface area (Å²) in [7, 11) is 0. The Morgan fingerprint density at radius 2 is 1.92 bits per heavy atom. The number of likely N-dealkylation sites (tertiary alicyclic amines) is 1. The van der Waals surface area contributed by atoms with Crippen molar-refractivity contribution in [1.29, 1.82) is 0 Å². The zero-order chi connectivity index (χ0) is 17.3. The summed E-state index contributed by atoms with van der Waals surface area (Å²) in [6.07, 6.45) is 5.57. The van der Waals surface area contributed by atoms with E-state index in [4.69, 9.17) is 10.5 Å². The van der Waals surface area contributed by atoms with Gasteiger partial charge >= 0.3 is 6.09 Å². The lowest BCUT2D eigenvalue weighted by molar-refractivity contribution is -0.136. The molecule has 6 heteroatoms. The Kier molecular flexibility index (Phi) is 5.04. The second kappa shape index (κ2) is 6.90. The van der Waals surface area contributed by atoms with E-state index < -0.39 is 5.60 Å². The van der Waals surface area contributed by atoms with E-state index in [0.29, 0.717) is 31.5 Å². The predicted octanol–water partition coefficient (Wildman–Crippen LogP) is 1.97. The minimum Gasteiger partial charge on any atom is -0.441 e. The van der Waals surface area contributed by atoms with E-state index in [9.17, 15) is 9.59 Å². The van der Waals surface area contributed by atoms with E-state index in [2.05, 4.69) is 13.8 Å². The molecule has 2 amide bonds. The maximum absolute atomic E-state index is 12.4. The molecular weight excluding hydrogens is 306 g/mol. The maximum Gasteiger partial charge on any atom is 0.410 e. The minimum atomic E-state index is -0.399. The molecule has 1 spiro atoms. The third-order valence-electron chi connectivity index (χ3n) is 6.08. The monoisotopic (exact) mass is 337 g/mol. The van der Waals surface area contributed by atoms with Crippen molar-refractivity contribution in [3.63, 3.8) is 0 Å². The van der Waals surface area contributed by atoms with Gasteiger partial charge in [0.1, 0.15) is 5.60 Å². The number of piperidine rings is 1. The SMILES string of the molecule is CCC(CC)CN1CC2(CCN(C(=O)[C@@H](N)C3CC3)CC2)OC1=O. The third-order valence-corrected chi connectivity index (χ3v) is 6.08. The summed E-state index contributed by atoms with van der Waals surface area (Å²) < 4.78 is 5.76. The number of ether oxygens (including phenoxy) is 1. The van der Waals surface area contributed by atoms with Crippen LogP contribution in [0.4, 0.5) is 4.79 Å². The first-order valence-corrected chi connectivity index (χ1v) is 9.50. The topological polar surface area (TPSA) is 75.9 Å². The van der Waals surface area contributed by atoms with Crippen LogP contribution in [0.15, 0.2) is 0 Å². The van der Waals surface area contributed by atoms with Gasteiger partial charge in [-0.3, -0.25) is 4.79 Å². The Bertz CT molecular complexity index is 480. The van der Waals surface area contributed by atoms with Crippen LogP contribution in [0, 0.1) is 11.8 Å². The van der Waals surface area contributed by atoms with Gasteiger partial charge in [-0.05, 0) is 24.7 Å². The fraction of sp³-hybridized carbons (Fsp3) is 0.889. The van der Waals surface area contributed by atoms with Crippen molar-refractivity contribution in [2.45, 2.75) is 64.0 Å². The lowest BCUT2D eigenvalue weighted by atomic mass is 9.90. The highest BCUT2D eigenvalue weighted by Gasteiger charge is 2.48. The van der Waals surface area contributed by atoms with Gasteiger partial charge in [0.15, 0.2) is 0 Å². The van der Waals surface area contributed by atoms with Crippen LogP contribution in [-0.2, 0) is 9.53 Å². The quantitative estimate of drug-likeness (QED) is 0.804. The molecule has 0 radical (unpaired) electrons. The van der Waals surface area contributed by atoms with Crippen LogP contribution in [0.5, 0.6) is 0 Å². The average Bonchev–Trinajstić information content (AvgIpc) is 3.38. The van der Waals surface area contributed by atoms with Gasteiger partial charge in [0.25, 0.3) is 0 Å². The van der Waals surface area contributed by atoms with Gasteiger partial charge in [0.05, 0.1) is 12.6 Å². The predicted molar refractivity (Wildman–Crippen MR) is 91.4 cm³/mol. The highest BCUT2D eigenvalue weighted by Crippen LogP contribution is 2.36. The van der Waals surface area contributed by atoms with Crippen molar-refractivity contribution >= 4 is 12.0 Å². The molecule has 0 aromatic heterocycles. The molecule has 3 fully saturated rings. The van der Waals surface area contributed by atoms with Crippen molar-refractivity contribution in [2.24, 2.45) is 17.6 Å². The molecule has 2 N–H and O–H groups in total. The van der Waals surface area contributed by atoms with Crippen LogP contribution in [0.3, 0.4) is 0 Å². The molecule has 3 rings (SSSR count). The number of carbonyl (C=O) groups excluding carboxylic acids is 2. The summed E-state index contributed by atoms with van der Waals surface area (Å²) in [6.45, 7) is 7.07.